The molecule has 0 N–H and O–H groups in total. The second-order valence-electron chi connectivity index (χ2n) is 5.86. The summed E-state index contributed by atoms with van der Waals surface area (Å²) in [5, 5.41) is 0. The molecule has 0 aromatic rings. The minimum atomic E-state index is 0. The van der Waals surface area contributed by atoms with Crippen molar-refractivity contribution in [1.82, 2.24) is 0 Å². The lowest BCUT2D eigenvalue weighted by molar-refractivity contribution is -1.09. The molecule has 0 unspecified atom stereocenters. The number of halogens is 2. The molecule has 0 aromatic heterocycles. The quantitative estimate of drug-likeness (QED) is 0.350. The van der Waals surface area contributed by atoms with Crippen LogP contribution < -0.4 is 34.0 Å². The van der Waals surface area contributed by atoms with E-state index < -0.39 is 0 Å². The Morgan fingerprint density at radius 1 is 0.800 bits per heavy atom. The predicted octanol–water partition coefficient (Wildman–Crippen LogP) is -4.08. The third kappa shape index (κ3) is 8.66. The van der Waals surface area contributed by atoms with Crippen molar-refractivity contribution in [2.24, 2.45) is 0 Å². The molecule has 0 saturated carbocycles. The molecule has 4 heteroatoms. The van der Waals surface area contributed by atoms with Gasteiger partial charge in [0.1, 0.15) is 0 Å². The summed E-state index contributed by atoms with van der Waals surface area (Å²) in [5.74, 6) is 0. The SMILES string of the molecule is CCCCC([N+](C)(C)C)[N+](C)(C)C.[Br-].[Br-]. The molecule has 0 saturated heterocycles. The number of unbranched alkanes of at least 4 members (excludes halogenated alkanes) is 1. The van der Waals surface area contributed by atoms with Crippen LogP contribution in [0.15, 0.2) is 0 Å². The Balaban J connectivity index is -0.000000720. The van der Waals surface area contributed by atoms with Crippen molar-refractivity contribution in [2.75, 3.05) is 42.3 Å². The molecule has 0 heterocycles. The molecule has 96 valence electrons. The maximum absolute atomic E-state index is 2.30. The maximum Gasteiger partial charge on any atom is 0.215 e. The van der Waals surface area contributed by atoms with Crippen LogP contribution in [0.2, 0.25) is 0 Å². The molecular weight excluding hydrogens is 320 g/mol. The van der Waals surface area contributed by atoms with Crippen LogP contribution in [0.4, 0.5) is 0 Å². The van der Waals surface area contributed by atoms with Gasteiger partial charge >= 0.3 is 0 Å². The van der Waals surface area contributed by atoms with Gasteiger partial charge in [-0.2, -0.15) is 0 Å². The van der Waals surface area contributed by atoms with Gasteiger partial charge in [-0.15, -0.1) is 0 Å². The second-order valence-corrected chi connectivity index (χ2v) is 5.86. The molecule has 0 fully saturated rings. The van der Waals surface area contributed by atoms with Gasteiger partial charge in [-0.25, -0.2) is 0 Å². The van der Waals surface area contributed by atoms with Crippen LogP contribution in [0.3, 0.4) is 0 Å². The monoisotopic (exact) mass is 346 g/mol. The lowest BCUT2D eigenvalue weighted by Gasteiger charge is -2.42. The largest absolute Gasteiger partial charge is 1.00 e. The summed E-state index contributed by atoms with van der Waals surface area (Å²) in [7, 11) is 13.8. The maximum atomic E-state index is 2.30. The van der Waals surface area contributed by atoms with Crippen molar-refractivity contribution in [3.63, 3.8) is 0 Å². The van der Waals surface area contributed by atoms with Gasteiger partial charge in [0.2, 0.25) is 6.17 Å². The zero-order chi connectivity index (χ0) is 10.7. The average molecular weight is 348 g/mol. The first-order chi connectivity index (χ1) is 5.69. The first kappa shape index (κ1) is 21.2. The smallest absolute Gasteiger partial charge is 0.215 e. The fourth-order valence-corrected chi connectivity index (χ4v) is 2.20. The van der Waals surface area contributed by atoms with Gasteiger partial charge in [0.15, 0.2) is 0 Å². The summed E-state index contributed by atoms with van der Waals surface area (Å²) in [6.07, 6.45) is 4.68. The molecule has 0 atom stereocenters. The minimum Gasteiger partial charge on any atom is -1.00 e. The third-order valence-corrected chi connectivity index (χ3v) is 2.60. The highest BCUT2D eigenvalue weighted by Crippen LogP contribution is 2.18. The molecule has 0 amide bonds. The topological polar surface area (TPSA) is 0 Å². The van der Waals surface area contributed by atoms with E-state index >= 15 is 0 Å². The predicted molar refractivity (Wildman–Crippen MR) is 59.4 cm³/mol. The fourth-order valence-electron chi connectivity index (χ4n) is 2.20. The van der Waals surface area contributed by atoms with E-state index in [4.69, 9.17) is 0 Å². The van der Waals surface area contributed by atoms with Gasteiger partial charge in [0, 0.05) is 0 Å². The fraction of sp³-hybridized carbons (Fsp3) is 1.00. The molecule has 0 spiro atoms. The lowest BCUT2D eigenvalue weighted by atomic mass is 10.1. The van der Waals surface area contributed by atoms with E-state index in [9.17, 15) is 0 Å². The highest BCUT2D eigenvalue weighted by molar-refractivity contribution is 4.45. The molecular formula is C11H28Br2N2. The third-order valence-electron chi connectivity index (χ3n) is 2.60. The van der Waals surface area contributed by atoms with E-state index in [0.717, 1.165) is 8.97 Å². The van der Waals surface area contributed by atoms with E-state index in [1.807, 2.05) is 0 Å². The Bertz CT molecular complexity index is 134. The van der Waals surface area contributed by atoms with Crippen molar-refractivity contribution >= 4 is 0 Å². The van der Waals surface area contributed by atoms with Gasteiger partial charge < -0.3 is 34.0 Å². The zero-order valence-electron chi connectivity index (χ0n) is 11.3. The van der Waals surface area contributed by atoms with E-state index in [0.29, 0.717) is 6.17 Å². The number of quaternary nitrogens is 2. The van der Waals surface area contributed by atoms with Crippen molar-refractivity contribution < 1.29 is 42.9 Å². The summed E-state index contributed by atoms with van der Waals surface area (Å²) >= 11 is 0. The molecule has 0 radical (unpaired) electrons. The van der Waals surface area contributed by atoms with Crippen LogP contribution in [0, 0.1) is 0 Å². The number of nitrogens with zero attached hydrogens (tertiary/aromatic N) is 2. The van der Waals surface area contributed by atoms with E-state index in [-0.39, 0.29) is 34.0 Å². The molecule has 0 aromatic carbocycles. The van der Waals surface area contributed by atoms with Gasteiger partial charge in [0.05, 0.1) is 48.7 Å². The Morgan fingerprint density at radius 3 is 1.33 bits per heavy atom. The van der Waals surface area contributed by atoms with Gasteiger partial charge in [0.25, 0.3) is 0 Å². The summed E-state index contributed by atoms with van der Waals surface area (Å²) in [5.41, 5.74) is 0. The first-order valence-electron chi connectivity index (χ1n) is 5.32. The van der Waals surface area contributed by atoms with Gasteiger partial charge in [-0.1, -0.05) is 13.3 Å². The van der Waals surface area contributed by atoms with Gasteiger partial charge in [-0.05, 0) is 6.42 Å². The van der Waals surface area contributed by atoms with Crippen LogP contribution in [0.1, 0.15) is 26.2 Å². The van der Waals surface area contributed by atoms with Crippen LogP contribution in [-0.4, -0.2) is 57.4 Å². The molecule has 2 nitrogen and oxygen atoms in total. The Labute approximate surface area is 117 Å². The lowest BCUT2D eigenvalue weighted by Crippen LogP contribution is -3.00. The van der Waals surface area contributed by atoms with E-state index in [1.165, 1.54) is 19.3 Å². The van der Waals surface area contributed by atoms with Crippen molar-refractivity contribution in [3.05, 3.63) is 0 Å². The normalized spacial score (nSPS) is 12.0. The van der Waals surface area contributed by atoms with Crippen LogP contribution in [0.5, 0.6) is 0 Å². The summed E-state index contributed by atoms with van der Waals surface area (Å²) in [6.45, 7) is 2.27. The minimum absolute atomic E-state index is 0. The van der Waals surface area contributed by atoms with E-state index in [2.05, 4.69) is 49.2 Å². The van der Waals surface area contributed by atoms with Gasteiger partial charge in [-0.3, -0.25) is 8.97 Å². The van der Waals surface area contributed by atoms with Crippen molar-refractivity contribution in [3.8, 4) is 0 Å². The number of hydrogen-bond donors (Lipinski definition) is 0. The molecule has 15 heavy (non-hydrogen) atoms. The Hall–Kier alpha value is 0.880. The summed E-state index contributed by atoms with van der Waals surface area (Å²) in [4.78, 5) is 0. The average Bonchev–Trinajstić information content (AvgIpc) is 1.81. The highest BCUT2D eigenvalue weighted by Gasteiger charge is 2.34. The molecule has 0 bridgehead atoms. The molecule has 0 aliphatic rings. The first-order valence-corrected chi connectivity index (χ1v) is 5.32. The van der Waals surface area contributed by atoms with Crippen molar-refractivity contribution in [2.45, 2.75) is 32.4 Å². The Kier molecular flexibility index (Phi) is 11.4. The van der Waals surface area contributed by atoms with Crippen molar-refractivity contribution in [1.29, 1.82) is 0 Å². The second kappa shape index (κ2) is 8.04. The van der Waals surface area contributed by atoms with Crippen LogP contribution in [0.25, 0.3) is 0 Å². The number of hydrogen-bond acceptors (Lipinski definition) is 0. The molecule has 0 aliphatic heterocycles. The molecule has 0 aliphatic carbocycles. The summed E-state index contributed by atoms with van der Waals surface area (Å²) < 4.78 is 2.12. The van der Waals surface area contributed by atoms with E-state index in [1.54, 1.807) is 0 Å². The summed E-state index contributed by atoms with van der Waals surface area (Å²) in [6, 6.07) is 0. The van der Waals surface area contributed by atoms with Crippen LogP contribution >= 0.6 is 0 Å². The molecule has 0 rings (SSSR count). The van der Waals surface area contributed by atoms with Crippen LogP contribution in [-0.2, 0) is 0 Å². The zero-order valence-corrected chi connectivity index (χ0v) is 14.5. The standard InChI is InChI=1S/C11H28N2.2BrH/c1-8-9-10-11(12(2,3)4)13(5,6)7;;/h11H,8-10H2,1-7H3;2*1H/q+2;;/p-2. The Morgan fingerprint density at radius 2 is 1.13 bits per heavy atom. The number of rotatable bonds is 5. The highest BCUT2D eigenvalue weighted by atomic mass is 79.9.